The van der Waals surface area contributed by atoms with E-state index in [4.69, 9.17) is 0 Å². The molecule has 0 aromatic carbocycles. The minimum Gasteiger partial charge on any atom is -0.432 e. The molecule has 11 heavy (non-hydrogen) atoms. The fourth-order valence-electron chi connectivity index (χ4n) is 1.31. The van der Waals surface area contributed by atoms with Crippen molar-refractivity contribution in [3.63, 3.8) is 0 Å². The summed E-state index contributed by atoms with van der Waals surface area (Å²) in [7, 11) is -1.73. The molecule has 0 heterocycles. The van der Waals surface area contributed by atoms with Crippen molar-refractivity contribution in [2.75, 3.05) is 0 Å². The molecule has 0 fully saturated rings. The van der Waals surface area contributed by atoms with E-state index in [1.54, 1.807) is 0 Å². The number of unbranched alkanes of at least 4 members (excludes halogenated alkanes) is 2. The van der Waals surface area contributed by atoms with Gasteiger partial charge in [-0.05, 0) is 18.1 Å². The first kappa shape index (κ1) is 11.2. The maximum Gasteiger partial charge on any atom is 0.188 e. The molecule has 0 aliphatic rings. The van der Waals surface area contributed by atoms with Gasteiger partial charge in [-0.15, -0.1) is 0 Å². The monoisotopic (exact) mass is 174 g/mol. The van der Waals surface area contributed by atoms with Crippen LogP contribution >= 0.6 is 0 Å². The average molecular weight is 174 g/mol. The summed E-state index contributed by atoms with van der Waals surface area (Å²) in [6.07, 6.45) is 3.79. The van der Waals surface area contributed by atoms with Gasteiger partial charge >= 0.3 is 0 Å². The molecule has 2 heteroatoms. The summed E-state index contributed by atoms with van der Waals surface area (Å²) in [5.41, 5.74) is 0. The Hall–Kier alpha value is 0.177. The van der Waals surface area contributed by atoms with Gasteiger partial charge in [-0.2, -0.15) is 0 Å². The predicted molar refractivity (Wildman–Crippen MR) is 53.3 cm³/mol. The second-order valence-electron chi connectivity index (χ2n) is 3.39. The van der Waals surface area contributed by atoms with E-state index in [0.717, 1.165) is 18.1 Å². The molecule has 1 N–H and O–H groups in total. The van der Waals surface area contributed by atoms with E-state index >= 15 is 0 Å². The van der Waals surface area contributed by atoms with Crippen LogP contribution in [0.25, 0.3) is 0 Å². The molecule has 0 rings (SSSR count). The standard InChI is InChI=1S/C9H22OSi/c1-4-7-8-9-11(10,5-2)6-3/h10H,4-9H2,1-3H3. The summed E-state index contributed by atoms with van der Waals surface area (Å²) >= 11 is 0. The highest BCUT2D eigenvalue weighted by atomic mass is 28.4. The minimum absolute atomic E-state index is 1.03. The summed E-state index contributed by atoms with van der Waals surface area (Å²) in [4.78, 5) is 9.99. The Morgan fingerprint density at radius 1 is 1.00 bits per heavy atom. The number of hydrogen-bond donors (Lipinski definition) is 1. The van der Waals surface area contributed by atoms with Gasteiger partial charge in [0.2, 0.25) is 0 Å². The van der Waals surface area contributed by atoms with Crippen molar-refractivity contribution in [3.05, 3.63) is 0 Å². The van der Waals surface area contributed by atoms with Gasteiger partial charge in [-0.25, -0.2) is 0 Å². The van der Waals surface area contributed by atoms with Crippen molar-refractivity contribution in [2.24, 2.45) is 0 Å². The van der Waals surface area contributed by atoms with E-state index in [2.05, 4.69) is 20.8 Å². The molecular weight excluding hydrogens is 152 g/mol. The Morgan fingerprint density at radius 3 is 1.91 bits per heavy atom. The van der Waals surface area contributed by atoms with Crippen LogP contribution in [0.5, 0.6) is 0 Å². The van der Waals surface area contributed by atoms with E-state index in [9.17, 15) is 4.80 Å². The van der Waals surface area contributed by atoms with Crippen LogP contribution < -0.4 is 0 Å². The van der Waals surface area contributed by atoms with Crippen molar-refractivity contribution >= 4 is 8.32 Å². The van der Waals surface area contributed by atoms with Crippen LogP contribution in [0, 0.1) is 0 Å². The molecule has 0 aromatic heterocycles. The van der Waals surface area contributed by atoms with Crippen molar-refractivity contribution in [3.8, 4) is 0 Å². The summed E-state index contributed by atoms with van der Waals surface area (Å²) in [5.74, 6) is 0. The van der Waals surface area contributed by atoms with Crippen molar-refractivity contribution in [2.45, 2.75) is 58.2 Å². The summed E-state index contributed by atoms with van der Waals surface area (Å²) < 4.78 is 0. The van der Waals surface area contributed by atoms with Crippen molar-refractivity contribution in [1.82, 2.24) is 0 Å². The molecule has 1 nitrogen and oxygen atoms in total. The maximum absolute atomic E-state index is 9.99. The Labute approximate surface area is 72.0 Å². The molecule has 0 saturated heterocycles. The Morgan fingerprint density at radius 2 is 1.55 bits per heavy atom. The van der Waals surface area contributed by atoms with Gasteiger partial charge in [0.15, 0.2) is 8.32 Å². The highest BCUT2D eigenvalue weighted by molar-refractivity contribution is 6.72. The third-order valence-electron chi connectivity index (χ3n) is 2.56. The summed E-state index contributed by atoms with van der Waals surface area (Å²) in [5, 5.41) is 0. The third-order valence-corrected chi connectivity index (χ3v) is 6.48. The molecule has 0 saturated carbocycles. The van der Waals surface area contributed by atoms with E-state index in [-0.39, 0.29) is 0 Å². The fraction of sp³-hybridized carbons (Fsp3) is 1.00. The zero-order valence-electron chi connectivity index (χ0n) is 8.19. The van der Waals surface area contributed by atoms with Gasteiger partial charge in [0.25, 0.3) is 0 Å². The molecule has 0 bridgehead atoms. The maximum atomic E-state index is 9.99. The van der Waals surface area contributed by atoms with Gasteiger partial charge in [0.1, 0.15) is 0 Å². The first-order valence-corrected chi connectivity index (χ1v) is 7.47. The second kappa shape index (κ2) is 5.78. The number of hydrogen-bond acceptors (Lipinski definition) is 1. The van der Waals surface area contributed by atoms with Crippen LogP contribution in [-0.2, 0) is 0 Å². The molecule has 0 spiro atoms. The van der Waals surface area contributed by atoms with E-state index in [1.807, 2.05) is 0 Å². The lowest BCUT2D eigenvalue weighted by atomic mass is 10.3. The SMILES string of the molecule is CCCCC[Si](O)(CC)CC. The average Bonchev–Trinajstić information content (AvgIpc) is 2.05. The van der Waals surface area contributed by atoms with Crippen LogP contribution in [0.3, 0.4) is 0 Å². The minimum atomic E-state index is -1.73. The van der Waals surface area contributed by atoms with Gasteiger partial charge in [-0.1, -0.05) is 40.0 Å². The largest absolute Gasteiger partial charge is 0.432 e. The molecule has 0 amide bonds. The normalized spacial score (nSPS) is 12.0. The second-order valence-corrected chi connectivity index (χ2v) is 7.75. The molecule has 0 aromatic rings. The first-order chi connectivity index (χ1) is 5.18. The summed E-state index contributed by atoms with van der Waals surface area (Å²) in [6.45, 7) is 6.46. The van der Waals surface area contributed by atoms with E-state index in [0.29, 0.717) is 0 Å². The molecule has 0 atom stereocenters. The topological polar surface area (TPSA) is 20.2 Å². The van der Waals surface area contributed by atoms with Crippen molar-refractivity contribution < 1.29 is 4.80 Å². The molecular formula is C9H22OSi. The fourth-order valence-corrected chi connectivity index (χ4v) is 3.42. The Bertz CT molecular complexity index is 89.6. The van der Waals surface area contributed by atoms with Crippen LogP contribution in [0.1, 0.15) is 40.0 Å². The zero-order valence-corrected chi connectivity index (χ0v) is 9.19. The first-order valence-electron chi connectivity index (χ1n) is 4.91. The molecule has 0 aliphatic carbocycles. The van der Waals surface area contributed by atoms with Crippen molar-refractivity contribution in [1.29, 1.82) is 0 Å². The third kappa shape index (κ3) is 4.59. The lowest BCUT2D eigenvalue weighted by Gasteiger charge is -2.21. The zero-order chi connectivity index (χ0) is 8.74. The Balaban J connectivity index is 3.51. The highest BCUT2D eigenvalue weighted by Crippen LogP contribution is 2.19. The lowest BCUT2D eigenvalue weighted by Crippen LogP contribution is -2.31. The van der Waals surface area contributed by atoms with Gasteiger partial charge in [-0.3, -0.25) is 0 Å². The van der Waals surface area contributed by atoms with Crippen LogP contribution in [0.2, 0.25) is 18.1 Å². The van der Waals surface area contributed by atoms with Gasteiger partial charge in [0, 0.05) is 0 Å². The number of rotatable bonds is 6. The smallest absolute Gasteiger partial charge is 0.188 e. The molecule has 68 valence electrons. The highest BCUT2D eigenvalue weighted by Gasteiger charge is 2.24. The quantitative estimate of drug-likeness (QED) is 0.484. The van der Waals surface area contributed by atoms with Crippen LogP contribution in [-0.4, -0.2) is 13.1 Å². The predicted octanol–water partition coefficient (Wildman–Crippen LogP) is 3.15. The Kier molecular flexibility index (Phi) is 5.87. The molecule has 0 unspecified atom stereocenters. The molecule has 0 aliphatic heterocycles. The van der Waals surface area contributed by atoms with Gasteiger partial charge in [0.05, 0.1) is 0 Å². The molecule has 0 radical (unpaired) electrons. The van der Waals surface area contributed by atoms with Gasteiger partial charge < -0.3 is 4.80 Å². The van der Waals surface area contributed by atoms with E-state index < -0.39 is 8.32 Å². The summed E-state index contributed by atoms with van der Waals surface area (Å²) in [6, 6.07) is 3.19. The van der Waals surface area contributed by atoms with Crippen LogP contribution in [0.15, 0.2) is 0 Å². The lowest BCUT2D eigenvalue weighted by molar-refractivity contribution is 0.521. The van der Waals surface area contributed by atoms with Crippen LogP contribution in [0.4, 0.5) is 0 Å². The van der Waals surface area contributed by atoms with E-state index in [1.165, 1.54) is 19.3 Å².